The minimum Gasteiger partial charge on any atom is -0.393 e. The van der Waals surface area contributed by atoms with Crippen LogP contribution in [0.15, 0.2) is 0 Å². The van der Waals surface area contributed by atoms with E-state index in [-0.39, 0.29) is 17.9 Å². The van der Waals surface area contributed by atoms with Crippen LogP contribution in [0.4, 0.5) is 0 Å². The molecule has 0 aromatic heterocycles. The molecule has 1 aliphatic carbocycles. The van der Waals surface area contributed by atoms with E-state index in [4.69, 9.17) is 0 Å². The Kier molecular flexibility index (Phi) is 3.59. The third-order valence-corrected chi connectivity index (χ3v) is 3.79. The first-order valence-corrected chi connectivity index (χ1v) is 5.76. The molecule has 2 nitrogen and oxygen atoms in total. The molecule has 0 heterocycles. The van der Waals surface area contributed by atoms with E-state index in [1.54, 1.807) is 0 Å². The van der Waals surface area contributed by atoms with E-state index in [0.717, 1.165) is 19.3 Å². The van der Waals surface area contributed by atoms with Gasteiger partial charge in [0.15, 0.2) is 0 Å². The van der Waals surface area contributed by atoms with Crippen LogP contribution in [-0.2, 0) is 0 Å². The molecule has 4 unspecified atom stereocenters. The maximum absolute atomic E-state index is 10.2. The lowest BCUT2D eigenvalue weighted by Gasteiger charge is -2.37. The Labute approximate surface area is 87.3 Å². The van der Waals surface area contributed by atoms with Gasteiger partial charge in [-0.3, -0.25) is 0 Å². The molecule has 0 aliphatic heterocycles. The van der Waals surface area contributed by atoms with Crippen molar-refractivity contribution in [1.29, 1.82) is 0 Å². The molecule has 0 spiro atoms. The molecule has 0 bridgehead atoms. The smallest absolute Gasteiger partial charge is 0.0651 e. The van der Waals surface area contributed by atoms with Crippen molar-refractivity contribution in [2.45, 2.75) is 58.7 Å². The van der Waals surface area contributed by atoms with Crippen LogP contribution in [0, 0.1) is 17.8 Å². The highest BCUT2D eigenvalue weighted by molar-refractivity contribution is 4.94. The van der Waals surface area contributed by atoms with E-state index in [9.17, 15) is 10.2 Å². The molecule has 1 aliphatic rings. The Bertz CT molecular complexity index is 177. The highest BCUT2D eigenvalue weighted by Crippen LogP contribution is 2.43. The van der Waals surface area contributed by atoms with E-state index in [2.05, 4.69) is 13.8 Å². The highest BCUT2D eigenvalue weighted by Gasteiger charge is 2.43. The minimum atomic E-state index is -0.564. The molecule has 1 fully saturated rings. The lowest BCUT2D eigenvalue weighted by atomic mass is 9.73. The van der Waals surface area contributed by atoms with Crippen molar-refractivity contribution in [3.05, 3.63) is 0 Å². The fourth-order valence-corrected chi connectivity index (χ4v) is 3.14. The van der Waals surface area contributed by atoms with Crippen LogP contribution in [-0.4, -0.2) is 21.9 Å². The van der Waals surface area contributed by atoms with Gasteiger partial charge < -0.3 is 10.2 Å². The van der Waals surface area contributed by atoms with E-state index in [1.165, 1.54) is 0 Å². The van der Waals surface area contributed by atoms with Gasteiger partial charge in [0.25, 0.3) is 0 Å². The summed E-state index contributed by atoms with van der Waals surface area (Å²) in [4.78, 5) is 0. The SMILES string of the molecule is CC(C)C(C(C)O)C1CCCC1(C)O. The molecule has 14 heavy (non-hydrogen) atoms. The van der Waals surface area contributed by atoms with Gasteiger partial charge in [-0.2, -0.15) is 0 Å². The predicted octanol–water partition coefficient (Wildman–Crippen LogP) is 2.19. The summed E-state index contributed by atoms with van der Waals surface area (Å²) >= 11 is 0. The first-order chi connectivity index (χ1) is 6.36. The van der Waals surface area contributed by atoms with Gasteiger partial charge in [-0.15, -0.1) is 0 Å². The van der Waals surface area contributed by atoms with Gasteiger partial charge in [-0.25, -0.2) is 0 Å². The van der Waals surface area contributed by atoms with Crippen LogP contribution in [0.25, 0.3) is 0 Å². The van der Waals surface area contributed by atoms with Crippen molar-refractivity contribution < 1.29 is 10.2 Å². The number of rotatable bonds is 3. The maximum Gasteiger partial charge on any atom is 0.0651 e. The van der Waals surface area contributed by atoms with Gasteiger partial charge in [-0.1, -0.05) is 20.3 Å². The molecular weight excluding hydrogens is 176 g/mol. The number of hydrogen-bond donors (Lipinski definition) is 2. The Morgan fingerprint density at radius 1 is 1.29 bits per heavy atom. The van der Waals surface area contributed by atoms with Crippen LogP contribution < -0.4 is 0 Å². The average molecular weight is 200 g/mol. The molecule has 84 valence electrons. The summed E-state index contributed by atoms with van der Waals surface area (Å²) in [6.45, 7) is 8.03. The number of aliphatic hydroxyl groups is 2. The average Bonchev–Trinajstić information content (AvgIpc) is 2.29. The van der Waals surface area contributed by atoms with Crippen LogP contribution in [0.3, 0.4) is 0 Å². The van der Waals surface area contributed by atoms with E-state index >= 15 is 0 Å². The molecule has 1 saturated carbocycles. The van der Waals surface area contributed by atoms with Crippen LogP contribution in [0.1, 0.15) is 47.0 Å². The molecule has 0 aromatic carbocycles. The lowest BCUT2D eigenvalue weighted by Crippen LogP contribution is -2.41. The molecule has 1 rings (SSSR count). The van der Waals surface area contributed by atoms with Gasteiger partial charge in [0.2, 0.25) is 0 Å². The molecule has 2 heteroatoms. The van der Waals surface area contributed by atoms with Gasteiger partial charge in [-0.05, 0) is 44.4 Å². The van der Waals surface area contributed by atoms with Crippen molar-refractivity contribution in [3.8, 4) is 0 Å². The summed E-state index contributed by atoms with van der Waals surface area (Å²) in [5, 5.41) is 20.0. The fourth-order valence-electron chi connectivity index (χ4n) is 3.14. The maximum atomic E-state index is 10.2. The second-order valence-electron chi connectivity index (χ2n) is 5.42. The summed E-state index contributed by atoms with van der Waals surface area (Å²) in [5.41, 5.74) is -0.564. The third-order valence-electron chi connectivity index (χ3n) is 3.79. The Morgan fingerprint density at radius 3 is 2.14 bits per heavy atom. The van der Waals surface area contributed by atoms with Crippen molar-refractivity contribution >= 4 is 0 Å². The van der Waals surface area contributed by atoms with Gasteiger partial charge in [0.1, 0.15) is 0 Å². The van der Waals surface area contributed by atoms with Crippen molar-refractivity contribution in [1.82, 2.24) is 0 Å². The molecule has 0 saturated heterocycles. The number of aliphatic hydroxyl groups excluding tert-OH is 1. The number of hydrogen-bond acceptors (Lipinski definition) is 2. The highest BCUT2D eigenvalue weighted by atomic mass is 16.3. The molecule has 0 aromatic rings. The Balaban J connectivity index is 2.78. The molecule has 0 radical (unpaired) electrons. The van der Waals surface area contributed by atoms with Crippen molar-refractivity contribution in [2.75, 3.05) is 0 Å². The van der Waals surface area contributed by atoms with Gasteiger partial charge in [0, 0.05) is 0 Å². The van der Waals surface area contributed by atoms with Crippen molar-refractivity contribution in [2.24, 2.45) is 17.8 Å². The summed E-state index contributed by atoms with van der Waals surface area (Å²) in [6.07, 6.45) is 2.71. The zero-order valence-corrected chi connectivity index (χ0v) is 9.83. The summed E-state index contributed by atoms with van der Waals surface area (Å²) in [6, 6.07) is 0. The quantitative estimate of drug-likeness (QED) is 0.733. The first-order valence-electron chi connectivity index (χ1n) is 5.76. The fraction of sp³-hybridized carbons (Fsp3) is 1.00. The normalized spacial score (nSPS) is 37.5. The summed E-state index contributed by atoms with van der Waals surface area (Å²) in [5.74, 6) is 0.930. The Hall–Kier alpha value is -0.0800. The summed E-state index contributed by atoms with van der Waals surface area (Å²) in [7, 11) is 0. The van der Waals surface area contributed by atoms with Gasteiger partial charge in [0.05, 0.1) is 11.7 Å². The topological polar surface area (TPSA) is 40.5 Å². The van der Waals surface area contributed by atoms with Crippen LogP contribution in [0.5, 0.6) is 0 Å². The third kappa shape index (κ3) is 2.29. The van der Waals surface area contributed by atoms with E-state index in [1.807, 2.05) is 13.8 Å². The van der Waals surface area contributed by atoms with Crippen LogP contribution in [0.2, 0.25) is 0 Å². The largest absolute Gasteiger partial charge is 0.393 e. The summed E-state index contributed by atoms with van der Waals surface area (Å²) < 4.78 is 0. The molecule has 2 N–H and O–H groups in total. The monoisotopic (exact) mass is 200 g/mol. The molecule has 0 amide bonds. The second-order valence-corrected chi connectivity index (χ2v) is 5.42. The van der Waals surface area contributed by atoms with E-state index in [0.29, 0.717) is 5.92 Å². The standard InChI is InChI=1S/C12H24O2/c1-8(2)11(9(3)13)10-6-5-7-12(10,4)14/h8-11,13-14H,5-7H2,1-4H3. The van der Waals surface area contributed by atoms with Crippen LogP contribution >= 0.6 is 0 Å². The lowest BCUT2D eigenvalue weighted by molar-refractivity contribution is -0.0489. The van der Waals surface area contributed by atoms with E-state index < -0.39 is 5.60 Å². The zero-order chi connectivity index (χ0) is 10.9. The molecular formula is C12H24O2. The zero-order valence-electron chi connectivity index (χ0n) is 9.83. The van der Waals surface area contributed by atoms with Gasteiger partial charge >= 0.3 is 0 Å². The predicted molar refractivity (Wildman–Crippen MR) is 58.0 cm³/mol. The Morgan fingerprint density at radius 2 is 1.86 bits per heavy atom. The first kappa shape index (κ1) is 12.0. The molecule has 4 atom stereocenters. The minimum absolute atomic E-state index is 0.229. The van der Waals surface area contributed by atoms with Crippen molar-refractivity contribution in [3.63, 3.8) is 0 Å². The second kappa shape index (κ2) is 4.19.